The molecule has 0 bridgehead atoms. The number of carbonyl (C=O) groups excluding carboxylic acids is 4. The zero-order valence-electron chi connectivity index (χ0n) is 57.2. The Balaban J connectivity index is 5.14. The highest BCUT2D eigenvalue weighted by Crippen LogP contribution is 2.45. The molecule has 5 atom stereocenters. The Labute approximate surface area is 537 Å². The molecular weight excluding hydrogens is 1160 g/mol. The third-order valence-corrected chi connectivity index (χ3v) is 17.8. The number of phosphoric acid groups is 2. The normalized spacial score (nSPS) is 14.2. The van der Waals surface area contributed by atoms with Gasteiger partial charge >= 0.3 is 39.5 Å². The van der Waals surface area contributed by atoms with E-state index in [9.17, 15) is 43.2 Å². The van der Waals surface area contributed by atoms with Crippen LogP contribution in [-0.4, -0.2) is 96.7 Å². The molecule has 3 N–H and O–H groups in total. The number of hydrogen-bond acceptors (Lipinski definition) is 15. The number of aliphatic hydroxyl groups excluding tert-OH is 1. The molecule has 88 heavy (non-hydrogen) atoms. The van der Waals surface area contributed by atoms with E-state index in [0.717, 1.165) is 114 Å². The molecule has 0 heterocycles. The molecule has 17 nitrogen and oxygen atoms in total. The first-order chi connectivity index (χ1) is 42.2. The predicted molar refractivity (Wildman–Crippen MR) is 354 cm³/mol. The molecule has 0 aliphatic carbocycles. The minimum absolute atomic E-state index is 0.104. The van der Waals surface area contributed by atoms with Crippen LogP contribution in [0.2, 0.25) is 0 Å². The summed E-state index contributed by atoms with van der Waals surface area (Å²) < 4.78 is 68.0. The van der Waals surface area contributed by atoms with E-state index in [4.69, 9.17) is 37.0 Å². The highest BCUT2D eigenvalue weighted by atomic mass is 31.2. The number of ether oxygens (including phenoxy) is 4. The topological polar surface area (TPSA) is 237 Å². The summed E-state index contributed by atoms with van der Waals surface area (Å²) in [4.78, 5) is 72.2. The van der Waals surface area contributed by atoms with E-state index < -0.39 is 97.5 Å². The minimum Gasteiger partial charge on any atom is -0.462 e. The Morgan fingerprint density at radius 3 is 0.773 bits per heavy atom. The van der Waals surface area contributed by atoms with Crippen LogP contribution in [0.25, 0.3) is 0 Å². The van der Waals surface area contributed by atoms with Crippen LogP contribution in [0.1, 0.15) is 344 Å². The summed E-state index contributed by atoms with van der Waals surface area (Å²) in [6.07, 6.45) is 43.5. The van der Waals surface area contributed by atoms with E-state index in [1.807, 2.05) is 0 Å². The van der Waals surface area contributed by atoms with Crippen molar-refractivity contribution in [2.45, 2.75) is 362 Å². The molecule has 0 spiro atoms. The molecule has 0 saturated heterocycles. The van der Waals surface area contributed by atoms with E-state index in [1.54, 1.807) is 0 Å². The Hall–Kier alpha value is -1.94. The molecule has 0 aromatic carbocycles. The highest BCUT2D eigenvalue weighted by Gasteiger charge is 2.30. The van der Waals surface area contributed by atoms with Gasteiger partial charge in [-0.05, 0) is 43.4 Å². The lowest BCUT2D eigenvalue weighted by Crippen LogP contribution is -2.30. The van der Waals surface area contributed by atoms with Crippen LogP contribution < -0.4 is 0 Å². The Morgan fingerprint density at radius 2 is 0.523 bits per heavy atom. The van der Waals surface area contributed by atoms with Crippen LogP contribution in [-0.2, 0) is 65.4 Å². The quantitative estimate of drug-likeness (QED) is 0.0222. The minimum atomic E-state index is -4.95. The van der Waals surface area contributed by atoms with Crippen LogP contribution in [0.4, 0.5) is 0 Å². The molecule has 2 unspecified atom stereocenters. The lowest BCUT2D eigenvalue weighted by atomic mass is 10.0. The standard InChI is InChI=1S/C69H134O17P2/c1-8-9-10-33-43-50-66(71)79-56-64(85-69(74)53-46-39-32-26-20-23-29-36-42-49-62(6)7)58-83-87(75,76)81-54-63(70)55-82-88(77,78)84-59-65(57-80-67(72)51-44-37-30-25-19-22-28-35-41-48-61(4)5)86-68(73)52-45-38-31-24-18-16-14-12-11-13-15-17-21-27-34-40-47-60(2)3/h60-65,70H,8-59H2,1-7H3,(H,75,76)(H,77,78)/t63-,64+,65+/m0/s1. The van der Waals surface area contributed by atoms with Crippen molar-refractivity contribution in [1.29, 1.82) is 0 Å². The Morgan fingerprint density at radius 1 is 0.307 bits per heavy atom. The molecular formula is C69H134O17P2. The van der Waals surface area contributed by atoms with Crippen LogP contribution in [0.3, 0.4) is 0 Å². The molecule has 0 rings (SSSR count). The van der Waals surface area contributed by atoms with E-state index in [2.05, 4.69) is 48.5 Å². The van der Waals surface area contributed by atoms with Crippen molar-refractivity contribution >= 4 is 39.5 Å². The van der Waals surface area contributed by atoms with Gasteiger partial charge in [0.2, 0.25) is 0 Å². The molecule has 0 amide bonds. The summed E-state index contributed by atoms with van der Waals surface area (Å²) in [7, 11) is -9.89. The molecule has 19 heteroatoms. The number of phosphoric ester groups is 2. The fourth-order valence-electron chi connectivity index (χ4n) is 10.4. The van der Waals surface area contributed by atoms with Crippen LogP contribution in [0.15, 0.2) is 0 Å². The molecule has 0 fully saturated rings. The fraction of sp³-hybridized carbons (Fsp3) is 0.942. The molecule has 0 aliphatic heterocycles. The number of rotatable bonds is 67. The Bertz CT molecular complexity index is 1730. The van der Waals surface area contributed by atoms with E-state index in [0.29, 0.717) is 25.7 Å². The largest absolute Gasteiger partial charge is 0.472 e. The van der Waals surface area contributed by atoms with E-state index in [-0.39, 0.29) is 25.7 Å². The monoisotopic (exact) mass is 1300 g/mol. The van der Waals surface area contributed by atoms with Crippen molar-refractivity contribution in [3.05, 3.63) is 0 Å². The van der Waals surface area contributed by atoms with E-state index in [1.165, 1.54) is 148 Å². The maximum Gasteiger partial charge on any atom is 0.472 e. The molecule has 522 valence electrons. The van der Waals surface area contributed by atoms with Gasteiger partial charge in [0.05, 0.1) is 26.4 Å². The van der Waals surface area contributed by atoms with Gasteiger partial charge in [-0.15, -0.1) is 0 Å². The molecule has 0 saturated carbocycles. The SMILES string of the molecule is CCCCCCCC(=O)OC[C@H](COP(=O)(O)OC[C@H](O)COP(=O)(O)OC[C@@H](COC(=O)CCCCCCCCCCCC(C)C)OC(=O)CCCCCCCCCCCCCCCCCCC(C)C)OC(=O)CCCCCCCCCCCC(C)C. The second-order valence-corrected chi connectivity index (χ2v) is 29.3. The van der Waals surface area contributed by atoms with Crippen LogP contribution in [0, 0.1) is 17.8 Å². The molecule has 0 radical (unpaired) electrons. The fourth-order valence-corrected chi connectivity index (χ4v) is 11.9. The van der Waals surface area contributed by atoms with Crippen molar-refractivity contribution in [3.8, 4) is 0 Å². The van der Waals surface area contributed by atoms with Gasteiger partial charge in [-0.2, -0.15) is 0 Å². The molecule has 0 aromatic rings. The van der Waals surface area contributed by atoms with Gasteiger partial charge in [0, 0.05) is 25.7 Å². The number of unbranched alkanes of at least 4 members (excludes halogenated alkanes) is 35. The first-order valence-corrected chi connectivity index (χ1v) is 38.8. The predicted octanol–water partition coefficient (Wildman–Crippen LogP) is 19.5. The second-order valence-electron chi connectivity index (χ2n) is 26.3. The molecule has 0 aromatic heterocycles. The van der Waals surface area contributed by atoms with Crippen molar-refractivity contribution in [1.82, 2.24) is 0 Å². The van der Waals surface area contributed by atoms with Crippen molar-refractivity contribution in [2.75, 3.05) is 39.6 Å². The number of aliphatic hydroxyl groups is 1. The first-order valence-electron chi connectivity index (χ1n) is 35.8. The average molecular weight is 1300 g/mol. The maximum absolute atomic E-state index is 13.0. The smallest absolute Gasteiger partial charge is 0.462 e. The van der Waals surface area contributed by atoms with Gasteiger partial charge in [0.15, 0.2) is 12.2 Å². The summed E-state index contributed by atoms with van der Waals surface area (Å²) in [5, 5.41) is 10.5. The lowest BCUT2D eigenvalue weighted by Gasteiger charge is -2.21. The van der Waals surface area contributed by atoms with Crippen LogP contribution in [0.5, 0.6) is 0 Å². The third kappa shape index (κ3) is 62.8. The second kappa shape index (κ2) is 60.0. The van der Waals surface area contributed by atoms with Crippen LogP contribution >= 0.6 is 15.6 Å². The van der Waals surface area contributed by atoms with Gasteiger partial charge in [-0.25, -0.2) is 9.13 Å². The summed E-state index contributed by atoms with van der Waals surface area (Å²) in [6, 6.07) is 0. The van der Waals surface area contributed by atoms with Gasteiger partial charge in [0.25, 0.3) is 0 Å². The third-order valence-electron chi connectivity index (χ3n) is 15.9. The van der Waals surface area contributed by atoms with Crippen molar-refractivity contribution in [3.63, 3.8) is 0 Å². The van der Waals surface area contributed by atoms with Gasteiger partial charge < -0.3 is 33.8 Å². The zero-order chi connectivity index (χ0) is 65.2. The number of esters is 4. The van der Waals surface area contributed by atoms with E-state index >= 15 is 0 Å². The number of hydrogen-bond donors (Lipinski definition) is 3. The number of carbonyl (C=O) groups is 4. The summed E-state index contributed by atoms with van der Waals surface area (Å²) in [5.41, 5.74) is 0. The lowest BCUT2D eigenvalue weighted by molar-refractivity contribution is -0.161. The highest BCUT2D eigenvalue weighted by molar-refractivity contribution is 7.47. The van der Waals surface area contributed by atoms with Gasteiger partial charge in [-0.1, -0.05) is 292 Å². The maximum atomic E-state index is 13.0. The molecule has 0 aliphatic rings. The average Bonchev–Trinajstić information content (AvgIpc) is 3.38. The summed E-state index contributed by atoms with van der Waals surface area (Å²) in [6.45, 7) is 11.7. The Kier molecular flexibility index (Phi) is 58.7. The van der Waals surface area contributed by atoms with Gasteiger partial charge in [0.1, 0.15) is 19.3 Å². The summed E-state index contributed by atoms with van der Waals surface area (Å²) in [5.74, 6) is 0.150. The van der Waals surface area contributed by atoms with Gasteiger partial charge in [-0.3, -0.25) is 37.3 Å². The zero-order valence-corrected chi connectivity index (χ0v) is 59.0. The first kappa shape index (κ1) is 86.1. The summed E-state index contributed by atoms with van der Waals surface area (Å²) >= 11 is 0. The van der Waals surface area contributed by atoms with Crippen molar-refractivity contribution < 1.29 is 80.2 Å². The van der Waals surface area contributed by atoms with Crippen molar-refractivity contribution in [2.24, 2.45) is 17.8 Å².